The predicted octanol–water partition coefficient (Wildman–Crippen LogP) is 2.12. The normalized spacial score (nSPS) is 23.0. The molecule has 2 bridgehead atoms. The largest absolute Gasteiger partial charge is 0.497 e. The molecule has 6 heterocycles. The number of benzene rings is 4. The summed E-state index contributed by atoms with van der Waals surface area (Å²) in [6.45, 7) is 3.04. The molecule has 506 valence electrons. The van der Waals surface area contributed by atoms with E-state index < -0.39 is 131 Å². The van der Waals surface area contributed by atoms with E-state index in [1.165, 1.54) is 87.2 Å². The molecule has 3 aliphatic heterocycles. The number of H-pyrrole nitrogens is 3. The second-order valence-electron chi connectivity index (χ2n) is 24.2. The molecule has 14 N–H and O–H groups in total. The fraction of sp³-hybridized carbons (Fsp3) is 0.373. The molecular weight excluding hydrogens is 1250 g/mol. The monoisotopic (exact) mass is 1320 g/mol. The lowest BCUT2D eigenvalue weighted by Crippen LogP contribution is -2.63. The van der Waals surface area contributed by atoms with E-state index in [-0.39, 0.29) is 93.4 Å². The lowest BCUT2D eigenvalue weighted by atomic mass is 9.94. The zero-order chi connectivity index (χ0) is 68.8. The number of halogens is 2. The van der Waals surface area contributed by atoms with Crippen LogP contribution >= 0.6 is 0 Å². The molecule has 10 rings (SSSR count). The van der Waals surface area contributed by atoms with Gasteiger partial charge in [-0.15, -0.1) is 0 Å². The van der Waals surface area contributed by atoms with Gasteiger partial charge < -0.3 is 78.0 Å². The van der Waals surface area contributed by atoms with Crippen LogP contribution in [0.3, 0.4) is 0 Å². The van der Waals surface area contributed by atoms with Crippen molar-refractivity contribution in [3.63, 3.8) is 0 Å². The number of carboxylic acid groups (broad SMARTS) is 1. The maximum absolute atomic E-state index is 15.2. The van der Waals surface area contributed by atoms with Crippen LogP contribution in [0, 0.1) is 11.6 Å². The minimum absolute atomic E-state index is 0.0253. The minimum atomic E-state index is -2.02. The first-order valence-corrected chi connectivity index (χ1v) is 31.3. The molecule has 0 radical (unpaired) electrons. The van der Waals surface area contributed by atoms with E-state index in [9.17, 15) is 52.2 Å². The van der Waals surface area contributed by atoms with E-state index in [1.54, 1.807) is 48.5 Å². The first-order chi connectivity index (χ1) is 45.9. The standard InChI is InChI=1S/C67H76F2N14O13/c1-36-60(89)77-51(25-40-32-72-48-19-15-42(68)27-46(40)48)61(90)78-52(26-41-33-73-49-20-16-43(69)28-47(41)49)62(91)80-54(30-58(86)87)64(93)79-53(29-44-34-71-35-75-44)63(92)81-55(24-38-13-17-45(96-3)18-14-38)65(94)83-22-6-21-67(83,2)66(95)82-50(59(70)88)23-37-9-11-39(12-10-37)31-74-56(84)7-4-5-8-57(85)76-36/h9-20,27-28,32-36,50-55,72-73H,4-8,21-26,29-31H2,1-3H3,(H2,70,88)(H,71,75)(H,74,84)(H,76,85)(H,77,89)(H,78,90)(H,79,93)(H,80,91)(H,81,92)(H,82,95)(H,86,87)/t36-,50+,51+,52+,53+,54+,55+,67+/m1/s1. The van der Waals surface area contributed by atoms with Crippen molar-refractivity contribution in [1.29, 1.82) is 0 Å². The number of nitrogens with two attached hydrogens (primary N) is 1. The quantitative estimate of drug-likeness (QED) is 0.0780. The van der Waals surface area contributed by atoms with Crippen LogP contribution < -0.4 is 53.0 Å². The molecular formula is C67H76F2N14O13. The van der Waals surface area contributed by atoms with Crippen molar-refractivity contribution in [3.05, 3.63) is 155 Å². The van der Waals surface area contributed by atoms with Gasteiger partial charge in [-0.05, 0) is 116 Å². The fourth-order valence-corrected chi connectivity index (χ4v) is 11.8. The lowest BCUT2D eigenvalue weighted by Gasteiger charge is -2.37. The van der Waals surface area contributed by atoms with Gasteiger partial charge in [0.05, 0.1) is 19.9 Å². The van der Waals surface area contributed by atoms with E-state index in [1.807, 2.05) is 0 Å². The summed E-state index contributed by atoms with van der Waals surface area (Å²) in [5, 5.41) is 32.1. The van der Waals surface area contributed by atoms with Crippen molar-refractivity contribution in [2.75, 3.05) is 13.7 Å². The number of ether oxygens (including phenoxy) is 1. The molecule has 0 spiro atoms. The van der Waals surface area contributed by atoms with Crippen LogP contribution in [0.1, 0.15) is 92.3 Å². The Hall–Kier alpha value is -11.0. The number of nitrogens with one attached hydrogen (secondary N) is 11. The second kappa shape index (κ2) is 31.3. The van der Waals surface area contributed by atoms with E-state index >= 15 is 14.4 Å². The third kappa shape index (κ3) is 17.8. The summed E-state index contributed by atoms with van der Waals surface area (Å²) in [7, 11) is 1.46. The van der Waals surface area contributed by atoms with Crippen LogP contribution in [0.25, 0.3) is 21.8 Å². The lowest BCUT2D eigenvalue weighted by molar-refractivity contribution is -0.147. The Kier molecular flexibility index (Phi) is 22.6. The number of carbonyl (C=O) groups is 11. The van der Waals surface area contributed by atoms with Gasteiger partial charge in [-0.3, -0.25) is 52.7 Å². The molecule has 7 aromatic rings. The zero-order valence-electron chi connectivity index (χ0n) is 52.9. The number of primary amides is 1. The molecule has 0 aliphatic carbocycles. The molecule has 29 heteroatoms. The van der Waals surface area contributed by atoms with Gasteiger partial charge in [0.2, 0.25) is 59.1 Å². The Morgan fingerprint density at radius 1 is 0.635 bits per heavy atom. The molecule has 8 atom stereocenters. The van der Waals surface area contributed by atoms with Crippen LogP contribution in [0.4, 0.5) is 8.78 Å². The van der Waals surface area contributed by atoms with Gasteiger partial charge in [-0.25, -0.2) is 13.8 Å². The highest BCUT2D eigenvalue weighted by molar-refractivity contribution is 6.00. The minimum Gasteiger partial charge on any atom is -0.497 e. The first-order valence-electron chi connectivity index (χ1n) is 31.3. The molecule has 96 heavy (non-hydrogen) atoms. The Bertz CT molecular complexity index is 4030. The fourth-order valence-electron chi connectivity index (χ4n) is 11.8. The third-order valence-electron chi connectivity index (χ3n) is 17.2. The van der Waals surface area contributed by atoms with Crippen molar-refractivity contribution in [3.8, 4) is 5.75 Å². The van der Waals surface area contributed by atoms with Crippen molar-refractivity contribution in [2.45, 2.75) is 145 Å². The van der Waals surface area contributed by atoms with Crippen molar-refractivity contribution in [2.24, 2.45) is 5.73 Å². The Balaban J connectivity index is 1.06. The van der Waals surface area contributed by atoms with Crippen LogP contribution in [-0.4, -0.2) is 156 Å². The summed E-state index contributed by atoms with van der Waals surface area (Å²) in [4.78, 5) is 170. The number of carboxylic acids is 1. The van der Waals surface area contributed by atoms with Gasteiger partial charge in [0, 0.05) is 104 Å². The van der Waals surface area contributed by atoms with Gasteiger partial charge in [0.1, 0.15) is 65.2 Å². The molecule has 1 saturated heterocycles. The molecule has 0 saturated carbocycles. The van der Waals surface area contributed by atoms with Crippen LogP contribution in [0.15, 0.2) is 110 Å². The highest BCUT2D eigenvalue weighted by Gasteiger charge is 2.49. The van der Waals surface area contributed by atoms with Gasteiger partial charge in [-0.1, -0.05) is 36.4 Å². The van der Waals surface area contributed by atoms with Crippen LogP contribution in [-0.2, 0) is 91.4 Å². The average molecular weight is 1320 g/mol. The molecule has 1 fully saturated rings. The van der Waals surface area contributed by atoms with Crippen molar-refractivity contribution < 1.29 is 71.4 Å². The highest BCUT2D eigenvalue weighted by atomic mass is 19.1. The Labute approximate surface area is 549 Å². The van der Waals surface area contributed by atoms with Crippen molar-refractivity contribution >= 4 is 86.8 Å². The highest BCUT2D eigenvalue weighted by Crippen LogP contribution is 2.32. The van der Waals surface area contributed by atoms with E-state index in [2.05, 4.69) is 62.5 Å². The molecule has 3 aliphatic rings. The first kappa shape index (κ1) is 69.3. The maximum atomic E-state index is 15.2. The van der Waals surface area contributed by atoms with E-state index in [0.29, 0.717) is 50.8 Å². The van der Waals surface area contributed by atoms with Gasteiger partial charge in [-0.2, -0.15) is 0 Å². The van der Waals surface area contributed by atoms with Crippen LogP contribution in [0.5, 0.6) is 5.75 Å². The van der Waals surface area contributed by atoms with E-state index in [4.69, 9.17) is 10.5 Å². The smallest absolute Gasteiger partial charge is 0.305 e. The summed E-state index contributed by atoms with van der Waals surface area (Å²) in [5.41, 5.74) is 7.85. The number of rotatable bonds is 12. The van der Waals surface area contributed by atoms with Gasteiger partial charge in [0.25, 0.3) is 0 Å². The number of fused-ring (bicyclic) bond motifs is 32. The summed E-state index contributed by atoms with van der Waals surface area (Å²) in [5.74, 6) is -10.9. The SMILES string of the molecule is COc1ccc(C[C@@H]2NC(=O)[C@H](Cc3cnc[nH]3)NC(=O)[C@H](CC(=O)O)NC(=O)[C@H](Cc3c[nH]c4ccc(F)cc34)NC(=O)[C@H](Cc3c[nH]c4ccc(F)cc34)NC(=O)[C@@H](C)NC(=O)CCCCC(=O)NCc3ccc(cc3)C[C@@H](C(N)=O)NC(=O)[C@]3(C)CCCN3C2=O)cc1. The number of aromatic amines is 3. The number of imidazole rings is 1. The topological polar surface area (TPSA) is 403 Å². The van der Waals surface area contributed by atoms with Crippen LogP contribution in [0.2, 0.25) is 0 Å². The number of amides is 10. The summed E-state index contributed by atoms with van der Waals surface area (Å²) >= 11 is 0. The summed E-state index contributed by atoms with van der Waals surface area (Å²) < 4.78 is 35.0. The molecule has 27 nitrogen and oxygen atoms in total. The third-order valence-corrected chi connectivity index (χ3v) is 17.2. The number of hydrogen-bond donors (Lipinski definition) is 13. The molecule has 4 aromatic carbocycles. The zero-order valence-corrected chi connectivity index (χ0v) is 52.9. The Morgan fingerprint density at radius 2 is 1.18 bits per heavy atom. The number of methoxy groups -OCH3 is 1. The average Bonchev–Trinajstić information content (AvgIpc) is 1.57. The number of hydrogen-bond acceptors (Lipinski definition) is 13. The summed E-state index contributed by atoms with van der Waals surface area (Å²) in [6.07, 6.45) is 3.99. The molecule has 10 amide bonds. The van der Waals surface area contributed by atoms with Gasteiger partial charge in [0.15, 0.2) is 0 Å². The predicted molar refractivity (Wildman–Crippen MR) is 343 cm³/mol. The number of aliphatic carboxylic acids is 1. The molecule has 3 aromatic heterocycles. The Morgan fingerprint density at radius 3 is 1.74 bits per heavy atom. The number of nitrogens with zero attached hydrogens (tertiary/aromatic N) is 2. The summed E-state index contributed by atoms with van der Waals surface area (Å²) in [6, 6.07) is 10.0. The second-order valence-corrected chi connectivity index (χ2v) is 24.2. The van der Waals surface area contributed by atoms with Gasteiger partial charge >= 0.3 is 5.97 Å². The van der Waals surface area contributed by atoms with E-state index in [0.717, 1.165) is 0 Å². The number of aromatic nitrogens is 4. The number of carbonyl (C=O) groups excluding carboxylic acids is 10. The maximum Gasteiger partial charge on any atom is 0.305 e. The molecule has 0 unspecified atom stereocenters. The van der Waals surface area contributed by atoms with Crippen molar-refractivity contribution in [1.82, 2.24) is 67.4 Å².